The first kappa shape index (κ1) is 9.24. The molecule has 4 heteroatoms. The first-order chi connectivity index (χ1) is 6.79. The van der Waals surface area contributed by atoms with Gasteiger partial charge in [0.2, 0.25) is 5.89 Å². The lowest BCUT2D eigenvalue weighted by Crippen LogP contribution is -1.82. The summed E-state index contributed by atoms with van der Waals surface area (Å²) in [6.45, 7) is -0.114. The van der Waals surface area contributed by atoms with Gasteiger partial charge in [-0.3, -0.25) is 0 Å². The third-order valence-corrected chi connectivity index (χ3v) is 2.06. The second-order valence-electron chi connectivity index (χ2n) is 2.81. The van der Waals surface area contributed by atoms with E-state index in [0.29, 0.717) is 16.6 Å². The van der Waals surface area contributed by atoms with Crippen LogP contribution in [0.25, 0.3) is 11.5 Å². The van der Waals surface area contributed by atoms with Crippen LogP contribution in [0.2, 0.25) is 5.02 Å². The van der Waals surface area contributed by atoms with Crippen molar-refractivity contribution in [3.05, 3.63) is 41.2 Å². The summed E-state index contributed by atoms with van der Waals surface area (Å²) in [5.74, 6) is 0.491. The Kier molecular flexibility index (Phi) is 2.52. The van der Waals surface area contributed by atoms with Crippen LogP contribution in [0.5, 0.6) is 0 Å². The van der Waals surface area contributed by atoms with Crippen molar-refractivity contribution in [1.29, 1.82) is 0 Å². The Hall–Kier alpha value is -1.32. The average molecular weight is 210 g/mol. The van der Waals surface area contributed by atoms with Gasteiger partial charge in [-0.15, -0.1) is 0 Å². The first-order valence-corrected chi connectivity index (χ1v) is 4.48. The summed E-state index contributed by atoms with van der Waals surface area (Å²) in [7, 11) is 0. The molecule has 2 aromatic rings. The van der Waals surface area contributed by atoms with Gasteiger partial charge < -0.3 is 9.52 Å². The molecule has 0 fully saturated rings. The number of nitrogens with zero attached hydrogens (tertiary/aromatic N) is 1. The smallest absolute Gasteiger partial charge is 0.226 e. The lowest BCUT2D eigenvalue weighted by Gasteiger charge is -1.94. The summed E-state index contributed by atoms with van der Waals surface area (Å²) in [4.78, 5) is 4.07. The molecule has 0 aliphatic carbocycles. The lowest BCUT2D eigenvalue weighted by molar-refractivity contribution is 0.276. The summed E-state index contributed by atoms with van der Waals surface area (Å²) in [5.41, 5.74) is 1.36. The predicted octanol–water partition coefficient (Wildman–Crippen LogP) is 2.49. The molecule has 1 aromatic carbocycles. The second kappa shape index (κ2) is 3.82. The van der Waals surface area contributed by atoms with Crippen LogP contribution in [-0.2, 0) is 6.61 Å². The Morgan fingerprint density at radius 1 is 1.29 bits per heavy atom. The zero-order valence-corrected chi connectivity index (χ0v) is 8.03. The third-order valence-electron chi connectivity index (χ3n) is 1.80. The molecule has 0 spiro atoms. The summed E-state index contributed by atoms with van der Waals surface area (Å²) >= 11 is 5.74. The van der Waals surface area contributed by atoms with Gasteiger partial charge in [0, 0.05) is 10.6 Å². The SMILES string of the molecule is OCc1coc(-c2ccc(Cl)cc2)n1. The Morgan fingerprint density at radius 2 is 2.00 bits per heavy atom. The molecule has 0 amide bonds. The van der Waals surface area contributed by atoms with Crippen LogP contribution >= 0.6 is 11.6 Å². The molecule has 14 heavy (non-hydrogen) atoms. The highest BCUT2D eigenvalue weighted by Gasteiger charge is 2.05. The fourth-order valence-corrected chi connectivity index (χ4v) is 1.23. The maximum absolute atomic E-state index is 8.80. The van der Waals surface area contributed by atoms with Crippen LogP contribution in [0, 0.1) is 0 Å². The van der Waals surface area contributed by atoms with Crippen molar-refractivity contribution >= 4 is 11.6 Å². The molecule has 0 unspecified atom stereocenters. The van der Waals surface area contributed by atoms with Gasteiger partial charge in [-0.05, 0) is 24.3 Å². The van der Waals surface area contributed by atoms with Crippen LogP contribution in [0.15, 0.2) is 34.9 Å². The van der Waals surface area contributed by atoms with Crippen molar-refractivity contribution in [2.24, 2.45) is 0 Å². The minimum Gasteiger partial charge on any atom is -0.444 e. The Balaban J connectivity index is 2.34. The van der Waals surface area contributed by atoms with E-state index in [9.17, 15) is 0 Å². The van der Waals surface area contributed by atoms with Crippen LogP contribution in [0.1, 0.15) is 5.69 Å². The van der Waals surface area contributed by atoms with Gasteiger partial charge in [0.1, 0.15) is 12.0 Å². The number of rotatable bonds is 2. The van der Waals surface area contributed by atoms with E-state index in [1.54, 1.807) is 12.1 Å². The van der Waals surface area contributed by atoms with Gasteiger partial charge in [-0.1, -0.05) is 11.6 Å². The number of hydrogen-bond donors (Lipinski definition) is 1. The summed E-state index contributed by atoms with van der Waals surface area (Å²) in [6, 6.07) is 7.16. The van der Waals surface area contributed by atoms with Gasteiger partial charge in [0.05, 0.1) is 6.61 Å². The van der Waals surface area contributed by atoms with Crippen molar-refractivity contribution in [3.8, 4) is 11.5 Å². The molecular weight excluding hydrogens is 202 g/mol. The van der Waals surface area contributed by atoms with Gasteiger partial charge in [0.15, 0.2) is 0 Å². The van der Waals surface area contributed by atoms with E-state index in [1.807, 2.05) is 12.1 Å². The number of halogens is 1. The third kappa shape index (κ3) is 1.78. The summed E-state index contributed by atoms with van der Waals surface area (Å²) in [5, 5.41) is 9.47. The highest BCUT2D eigenvalue weighted by atomic mass is 35.5. The quantitative estimate of drug-likeness (QED) is 0.827. The molecule has 3 nitrogen and oxygen atoms in total. The van der Waals surface area contributed by atoms with E-state index >= 15 is 0 Å². The lowest BCUT2D eigenvalue weighted by atomic mass is 10.2. The van der Waals surface area contributed by atoms with E-state index in [0.717, 1.165) is 5.56 Å². The van der Waals surface area contributed by atoms with Gasteiger partial charge in [-0.25, -0.2) is 4.98 Å². The molecule has 0 bridgehead atoms. The molecule has 0 saturated heterocycles. The Morgan fingerprint density at radius 3 is 2.57 bits per heavy atom. The van der Waals surface area contributed by atoms with Gasteiger partial charge >= 0.3 is 0 Å². The Bertz CT molecular complexity index is 422. The number of aliphatic hydroxyl groups excluding tert-OH is 1. The van der Waals surface area contributed by atoms with Gasteiger partial charge in [-0.2, -0.15) is 0 Å². The number of hydrogen-bond acceptors (Lipinski definition) is 3. The second-order valence-corrected chi connectivity index (χ2v) is 3.25. The molecule has 2 rings (SSSR count). The number of oxazole rings is 1. The topological polar surface area (TPSA) is 46.3 Å². The van der Waals surface area contributed by atoms with Gasteiger partial charge in [0.25, 0.3) is 0 Å². The van der Waals surface area contributed by atoms with Crippen LogP contribution in [0.4, 0.5) is 0 Å². The molecule has 1 N–H and O–H groups in total. The minimum absolute atomic E-state index is 0.114. The molecule has 72 valence electrons. The highest BCUT2D eigenvalue weighted by molar-refractivity contribution is 6.30. The fourth-order valence-electron chi connectivity index (χ4n) is 1.10. The first-order valence-electron chi connectivity index (χ1n) is 4.11. The highest BCUT2D eigenvalue weighted by Crippen LogP contribution is 2.20. The molecule has 0 radical (unpaired) electrons. The number of aliphatic hydroxyl groups is 1. The van der Waals surface area contributed by atoms with E-state index in [2.05, 4.69) is 4.98 Å². The van der Waals surface area contributed by atoms with E-state index in [1.165, 1.54) is 6.26 Å². The molecular formula is C10H8ClNO2. The largest absolute Gasteiger partial charge is 0.444 e. The molecule has 0 saturated carbocycles. The standard InChI is InChI=1S/C10H8ClNO2/c11-8-3-1-7(2-4-8)10-12-9(5-13)6-14-10/h1-4,6,13H,5H2. The maximum Gasteiger partial charge on any atom is 0.226 e. The molecule has 0 aliphatic heterocycles. The van der Waals surface area contributed by atoms with E-state index in [4.69, 9.17) is 21.1 Å². The maximum atomic E-state index is 8.80. The number of aromatic nitrogens is 1. The fraction of sp³-hybridized carbons (Fsp3) is 0.100. The van der Waals surface area contributed by atoms with E-state index in [-0.39, 0.29) is 6.61 Å². The zero-order chi connectivity index (χ0) is 9.97. The predicted molar refractivity (Wildman–Crippen MR) is 52.9 cm³/mol. The molecule has 1 heterocycles. The number of benzene rings is 1. The average Bonchev–Trinajstić information content (AvgIpc) is 2.67. The van der Waals surface area contributed by atoms with E-state index < -0.39 is 0 Å². The summed E-state index contributed by atoms with van der Waals surface area (Å²) in [6.07, 6.45) is 1.43. The van der Waals surface area contributed by atoms with Crippen molar-refractivity contribution in [1.82, 2.24) is 4.98 Å². The minimum atomic E-state index is -0.114. The van der Waals surface area contributed by atoms with Crippen molar-refractivity contribution in [3.63, 3.8) is 0 Å². The molecule has 0 atom stereocenters. The van der Waals surface area contributed by atoms with Crippen molar-refractivity contribution in [2.45, 2.75) is 6.61 Å². The van der Waals surface area contributed by atoms with Crippen LogP contribution < -0.4 is 0 Å². The molecule has 1 aromatic heterocycles. The van der Waals surface area contributed by atoms with Crippen LogP contribution in [0.3, 0.4) is 0 Å². The normalized spacial score (nSPS) is 10.4. The zero-order valence-electron chi connectivity index (χ0n) is 7.27. The monoisotopic (exact) mass is 209 g/mol. The summed E-state index contributed by atoms with van der Waals surface area (Å²) < 4.78 is 5.17. The molecule has 0 aliphatic rings. The Labute approximate surface area is 86.0 Å². The van der Waals surface area contributed by atoms with Crippen molar-refractivity contribution in [2.75, 3.05) is 0 Å². The van der Waals surface area contributed by atoms with Crippen LogP contribution in [-0.4, -0.2) is 10.1 Å². The van der Waals surface area contributed by atoms with Crippen molar-refractivity contribution < 1.29 is 9.52 Å².